The molecule has 0 aliphatic carbocycles. The van der Waals surface area contributed by atoms with E-state index < -0.39 is 6.03 Å². The number of rotatable bonds is 3. The van der Waals surface area contributed by atoms with E-state index in [0.717, 1.165) is 10.9 Å². The molecule has 2 N–H and O–H groups in total. The maximum atomic E-state index is 11.7. The average Bonchev–Trinajstić information content (AvgIpc) is 2.55. The van der Waals surface area contributed by atoms with Crippen LogP contribution >= 0.6 is 0 Å². The van der Waals surface area contributed by atoms with E-state index in [2.05, 4.69) is 20.8 Å². The number of anilines is 1. The summed E-state index contributed by atoms with van der Waals surface area (Å²) >= 11 is 0. The standard InChI is InChI=1S/C17H14N4O/c22-17(20-14-7-2-1-3-8-14)21-18-12-15-11-10-13-6-4-5-9-16(13)19-15/h1-12H,(H2,20,21,22). The molecule has 0 fully saturated rings. The van der Waals surface area contributed by atoms with Gasteiger partial charge in [0.05, 0.1) is 17.4 Å². The lowest BCUT2D eigenvalue weighted by Gasteiger charge is -2.03. The summed E-state index contributed by atoms with van der Waals surface area (Å²) in [6, 6.07) is 20.4. The van der Waals surface area contributed by atoms with Crippen LogP contribution < -0.4 is 10.7 Å². The lowest BCUT2D eigenvalue weighted by Crippen LogP contribution is -2.24. The second kappa shape index (κ2) is 6.49. The highest BCUT2D eigenvalue weighted by Crippen LogP contribution is 2.10. The predicted octanol–water partition coefficient (Wildman–Crippen LogP) is 3.39. The van der Waals surface area contributed by atoms with Crippen LogP contribution in [0.3, 0.4) is 0 Å². The van der Waals surface area contributed by atoms with Crippen molar-refractivity contribution in [3.63, 3.8) is 0 Å². The zero-order valence-corrected chi connectivity index (χ0v) is 11.7. The zero-order chi connectivity index (χ0) is 15.2. The second-order valence-electron chi connectivity index (χ2n) is 4.62. The Balaban J connectivity index is 1.62. The Morgan fingerprint density at radius 2 is 1.73 bits per heavy atom. The first-order valence-corrected chi connectivity index (χ1v) is 6.82. The van der Waals surface area contributed by atoms with Crippen LogP contribution in [-0.2, 0) is 0 Å². The molecule has 5 heteroatoms. The number of para-hydroxylation sites is 2. The maximum Gasteiger partial charge on any atom is 0.339 e. The molecule has 108 valence electrons. The normalized spacial score (nSPS) is 10.7. The fourth-order valence-electron chi connectivity index (χ4n) is 1.99. The molecule has 1 heterocycles. The molecule has 1 aromatic heterocycles. The number of nitrogens with one attached hydrogen (secondary N) is 2. The number of carbonyl (C=O) groups is 1. The topological polar surface area (TPSA) is 66.4 Å². The number of aromatic nitrogens is 1. The SMILES string of the molecule is O=C(NN=Cc1ccc2ccccc2n1)Nc1ccccc1. The first-order valence-electron chi connectivity index (χ1n) is 6.82. The number of nitrogens with zero attached hydrogens (tertiary/aromatic N) is 2. The molecule has 0 bridgehead atoms. The summed E-state index contributed by atoms with van der Waals surface area (Å²) in [5.41, 5.74) is 4.68. The number of hydrogen-bond donors (Lipinski definition) is 2. The summed E-state index contributed by atoms with van der Waals surface area (Å²) in [4.78, 5) is 16.1. The van der Waals surface area contributed by atoms with E-state index in [1.54, 1.807) is 12.1 Å². The van der Waals surface area contributed by atoms with Crippen LogP contribution in [-0.4, -0.2) is 17.2 Å². The number of pyridine rings is 1. The Kier molecular flexibility index (Phi) is 4.06. The van der Waals surface area contributed by atoms with Gasteiger partial charge in [0, 0.05) is 11.1 Å². The van der Waals surface area contributed by atoms with Gasteiger partial charge in [0.1, 0.15) is 0 Å². The van der Waals surface area contributed by atoms with Gasteiger partial charge >= 0.3 is 6.03 Å². The van der Waals surface area contributed by atoms with Gasteiger partial charge in [-0.15, -0.1) is 0 Å². The fraction of sp³-hybridized carbons (Fsp3) is 0. The van der Waals surface area contributed by atoms with Crippen LogP contribution in [0.15, 0.2) is 71.8 Å². The predicted molar refractivity (Wildman–Crippen MR) is 87.9 cm³/mol. The van der Waals surface area contributed by atoms with E-state index in [9.17, 15) is 4.79 Å². The van der Waals surface area contributed by atoms with Gasteiger partial charge in [-0.3, -0.25) is 0 Å². The molecular weight excluding hydrogens is 276 g/mol. The third-order valence-corrected chi connectivity index (χ3v) is 3.01. The van der Waals surface area contributed by atoms with Gasteiger partial charge in [-0.1, -0.05) is 42.5 Å². The first kappa shape index (κ1) is 13.8. The second-order valence-corrected chi connectivity index (χ2v) is 4.62. The van der Waals surface area contributed by atoms with Crippen LogP contribution in [0.1, 0.15) is 5.69 Å². The molecule has 3 aromatic rings. The number of amides is 2. The van der Waals surface area contributed by atoms with Crippen molar-refractivity contribution in [3.05, 3.63) is 72.4 Å². The Labute approximate surface area is 127 Å². The molecular formula is C17H14N4O. The van der Waals surface area contributed by atoms with Crippen molar-refractivity contribution in [1.29, 1.82) is 0 Å². The highest BCUT2D eigenvalue weighted by Gasteiger charge is 1.99. The summed E-state index contributed by atoms with van der Waals surface area (Å²) in [5, 5.41) is 7.63. The summed E-state index contributed by atoms with van der Waals surface area (Å²) in [7, 11) is 0. The maximum absolute atomic E-state index is 11.7. The Hall–Kier alpha value is -3.21. The molecule has 3 rings (SSSR count). The number of carbonyl (C=O) groups excluding carboxylic acids is 1. The third kappa shape index (κ3) is 3.46. The minimum Gasteiger partial charge on any atom is -0.307 e. The van der Waals surface area contributed by atoms with E-state index in [1.807, 2.05) is 54.6 Å². The van der Waals surface area contributed by atoms with Crippen molar-refractivity contribution >= 4 is 28.8 Å². The number of hydrazone groups is 1. The Morgan fingerprint density at radius 3 is 2.59 bits per heavy atom. The molecule has 0 aliphatic heterocycles. The quantitative estimate of drug-likeness (QED) is 0.573. The van der Waals surface area contributed by atoms with Gasteiger partial charge < -0.3 is 5.32 Å². The van der Waals surface area contributed by atoms with Gasteiger partial charge in [-0.2, -0.15) is 5.10 Å². The molecule has 0 atom stereocenters. The van der Waals surface area contributed by atoms with Crippen LogP contribution in [0, 0.1) is 0 Å². The van der Waals surface area contributed by atoms with Crippen molar-refractivity contribution in [3.8, 4) is 0 Å². The summed E-state index contributed by atoms with van der Waals surface area (Å²) in [6.45, 7) is 0. The minimum atomic E-state index is -0.400. The Morgan fingerprint density at radius 1 is 0.955 bits per heavy atom. The van der Waals surface area contributed by atoms with Crippen molar-refractivity contribution in [1.82, 2.24) is 10.4 Å². The summed E-state index contributed by atoms with van der Waals surface area (Å²) in [6.07, 6.45) is 1.51. The average molecular weight is 290 g/mol. The summed E-state index contributed by atoms with van der Waals surface area (Å²) in [5.74, 6) is 0. The zero-order valence-electron chi connectivity index (χ0n) is 11.7. The van der Waals surface area contributed by atoms with E-state index in [0.29, 0.717) is 11.4 Å². The van der Waals surface area contributed by atoms with E-state index in [1.165, 1.54) is 6.21 Å². The van der Waals surface area contributed by atoms with Crippen molar-refractivity contribution in [2.45, 2.75) is 0 Å². The lowest BCUT2D eigenvalue weighted by atomic mass is 10.2. The van der Waals surface area contributed by atoms with Gasteiger partial charge in [0.25, 0.3) is 0 Å². The molecule has 0 aliphatic rings. The molecule has 2 aromatic carbocycles. The number of urea groups is 1. The summed E-state index contributed by atoms with van der Waals surface area (Å²) < 4.78 is 0. The molecule has 2 amide bonds. The molecule has 0 radical (unpaired) electrons. The molecule has 0 spiro atoms. The van der Waals surface area contributed by atoms with Crippen molar-refractivity contribution in [2.24, 2.45) is 5.10 Å². The van der Waals surface area contributed by atoms with Gasteiger partial charge in [-0.25, -0.2) is 15.2 Å². The monoisotopic (exact) mass is 290 g/mol. The van der Waals surface area contributed by atoms with Crippen LogP contribution in [0.25, 0.3) is 10.9 Å². The third-order valence-electron chi connectivity index (χ3n) is 3.01. The van der Waals surface area contributed by atoms with Crippen LogP contribution in [0.5, 0.6) is 0 Å². The Bertz CT molecular complexity index is 815. The van der Waals surface area contributed by atoms with Crippen molar-refractivity contribution in [2.75, 3.05) is 5.32 Å². The molecule has 22 heavy (non-hydrogen) atoms. The van der Waals surface area contributed by atoms with Gasteiger partial charge in [-0.05, 0) is 24.3 Å². The van der Waals surface area contributed by atoms with Crippen LogP contribution in [0.2, 0.25) is 0 Å². The number of hydrogen-bond acceptors (Lipinski definition) is 3. The molecule has 0 saturated heterocycles. The van der Waals surface area contributed by atoms with Crippen LogP contribution in [0.4, 0.5) is 10.5 Å². The van der Waals surface area contributed by atoms with E-state index in [4.69, 9.17) is 0 Å². The van der Waals surface area contributed by atoms with E-state index >= 15 is 0 Å². The number of fused-ring (bicyclic) bond motifs is 1. The van der Waals surface area contributed by atoms with E-state index in [-0.39, 0.29) is 0 Å². The molecule has 0 unspecified atom stereocenters. The fourth-order valence-corrected chi connectivity index (χ4v) is 1.99. The largest absolute Gasteiger partial charge is 0.339 e. The van der Waals surface area contributed by atoms with Gasteiger partial charge in [0.2, 0.25) is 0 Å². The first-order chi connectivity index (χ1) is 10.8. The van der Waals surface area contributed by atoms with Crippen molar-refractivity contribution < 1.29 is 4.79 Å². The van der Waals surface area contributed by atoms with Gasteiger partial charge in [0.15, 0.2) is 0 Å². The highest BCUT2D eigenvalue weighted by molar-refractivity contribution is 5.90. The molecule has 5 nitrogen and oxygen atoms in total. The number of benzene rings is 2. The smallest absolute Gasteiger partial charge is 0.307 e. The lowest BCUT2D eigenvalue weighted by molar-refractivity contribution is 0.252. The molecule has 0 saturated carbocycles. The highest BCUT2D eigenvalue weighted by atomic mass is 16.2. The minimum absolute atomic E-state index is 0.400.